The van der Waals surface area contributed by atoms with Crippen molar-refractivity contribution in [3.8, 4) is 0 Å². The number of amides is 9. The molecule has 0 spiro atoms. The van der Waals surface area contributed by atoms with Gasteiger partial charge in [-0.25, -0.2) is 19.2 Å². The van der Waals surface area contributed by atoms with Crippen LogP contribution >= 0.6 is 0 Å². The fourth-order valence-corrected chi connectivity index (χ4v) is 18.1. The van der Waals surface area contributed by atoms with Gasteiger partial charge in [0.1, 0.15) is 40.5 Å². The van der Waals surface area contributed by atoms with Crippen LogP contribution in [-0.2, 0) is 57.6 Å². The SMILES string of the molecule is CC(=O)CC[C@@H](CC(=O)CC[C@H](CCCCN)NC(=O)NC[C@@H](CC(=O)CC[C@@H](C)CCCCN)Cc1c[nH]c2ccccc12)C(C)C.CC(C)CC(=O)C[C@H](CCC(=O)N[C@H](CCC(=O)C[C@@H](CCCCN)CNC(=O)N[C@H](C)C(C)C)C(C)C)Cc1c[nH]c2ccccc12.CCCC(=O)C[C@@H](CCCCN)CNC(=O)N[C@H](CCC(=O)C[C@H](CNC(=O)NC)C(C)C)Cc1c[nH]c2ccccc12. The first-order valence-electron chi connectivity index (χ1n) is 52.9. The minimum Gasteiger partial charge on any atom is -0.361 e. The van der Waals surface area contributed by atoms with E-state index in [0.717, 1.165) is 147 Å². The molecule has 0 aliphatic carbocycles. The van der Waals surface area contributed by atoms with Crippen LogP contribution < -0.4 is 70.8 Å². The Morgan fingerprint density at radius 3 is 1.20 bits per heavy atom. The van der Waals surface area contributed by atoms with E-state index in [-0.39, 0.29) is 142 Å². The van der Waals surface area contributed by atoms with Crippen LogP contribution in [0.25, 0.3) is 32.7 Å². The molecule has 0 radical (unpaired) electrons. The number of nitrogens with one attached hydrogen (secondary N) is 12. The zero-order valence-electron chi connectivity index (χ0n) is 87.7. The number of aromatic nitrogens is 3. The van der Waals surface area contributed by atoms with E-state index in [2.05, 4.69) is 149 Å². The number of aromatic amines is 3. The van der Waals surface area contributed by atoms with Crippen LogP contribution in [0.2, 0.25) is 0 Å². The van der Waals surface area contributed by atoms with E-state index in [9.17, 15) is 57.5 Å². The highest BCUT2D eigenvalue weighted by Gasteiger charge is 2.29. The van der Waals surface area contributed by atoms with E-state index in [0.29, 0.717) is 204 Å². The monoisotopic (exact) mass is 1930 g/mol. The Kier molecular flexibility index (Phi) is 61.3. The van der Waals surface area contributed by atoms with Crippen molar-refractivity contribution in [2.75, 3.05) is 59.4 Å². The van der Waals surface area contributed by atoms with Crippen molar-refractivity contribution in [2.45, 2.75) is 352 Å². The lowest BCUT2D eigenvalue weighted by molar-refractivity contribution is -0.124. The average molecular weight is 1930 g/mol. The predicted molar refractivity (Wildman–Crippen MR) is 566 cm³/mol. The topological polar surface area (TPSA) is 465 Å². The molecular weight excluding hydrogens is 1750 g/mol. The number of rotatable bonds is 72. The van der Waals surface area contributed by atoms with Crippen molar-refractivity contribution in [3.63, 3.8) is 0 Å². The number of H-pyrrole nitrogens is 3. The first-order valence-corrected chi connectivity index (χ1v) is 52.9. The Morgan fingerprint density at radius 1 is 0.331 bits per heavy atom. The first kappa shape index (κ1) is 122. The third-order valence-electron chi connectivity index (χ3n) is 27.3. The van der Waals surface area contributed by atoms with Gasteiger partial charge in [0.2, 0.25) is 5.91 Å². The highest BCUT2D eigenvalue weighted by Crippen LogP contribution is 2.31. The molecule has 780 valence electrons. The second-order valence-electron chi connectivity index (χ2n) is 41.5. The molecule has 6 rings (SSSR count). The molecule has 20 N–H and O–H groups in total. The molecule has 0 aliphatic heterocycles. The number of fused-ring (bicyclic) bond motifs is 3. The van der Waals surface area contributed by atoms with Gasteiger partial charge in [0.05, 0.1) is 0 Å². The number of nitrogens with two attached hydrogens (primary N) is 4. The Bertz CT molecular complexity index is 4550. The molecule has 0 unspecified atom stereocenters. The van der Waals surface area contributed by atoms with Gasteiger partial charge in [0.15, 0.2) is 0 Å². The van der Waals surface area contributed by atoms with Crippen LogP contribution in [0.15, 0.2) is 91.4 Å². The Hall–Kier alpha value is -9.64. The number of carbonyl (C=O) groups excluding carboxylic acids is 12. The second kappa shape index (κ2) is 70.1. The molecular formula is C111H184N16O12. The maximum Gasteiger partial charge on any atom is 0.315 e. The summed E-state index contributed by atoms with van der Waals surface area (Å²) >= 11 is 0. The molecule has 0 fully saturated rings. The van der Waals surface area contributed by atoms with Gasteiger partial charge in [-0.1, -0.05) is 170 Å². The Balaban J connectivity index is 0.000000436. The molecule has 11 atom stereocenters. The van der Waals surface area contributed by atoms with Crippen LogP contribution in [-0.4, -0.2) is 169 Å². The van der Waals surface area contributed by atoms with Crippen LogP contribution in [0.4, 0.5) is 19.2 Å². The number of hydrogen-bond acceptors (Lipinski definition) is 16. The Labute approximate surface area is 832 Å². The number of Topliss-reactive ketones (excluding diaryl/α,β-unsaturated/α-hetero) is 7. The van der Waals surface area contributed by atoms with Crippen LogP contribution in [0.5, 0.6) is 0 Å². The fraction of sp³-hybridized carbons (Fsp3) is 0.676. The van der Waals surface area contributed by atoms with Crippen molar-refractivity contribution in [3.05, 3.63) is 108 Å². The number of ketones is 7. The van der Waals surface area contributed by atoms with Gasteiger partial charge in [-0.05, 0) is 255 Å². The summed E-state index contributed by atoms with van der Waals surface area (Å²) in [6, 6.07) is 22.8. The summed E-state index contributed by atoms with van der Waals surface area (Å²) in [7, 11) is 1.57. The van der Waals surface area contributed by atoms with Gasteiger partial charge in [0.25, 0.3) is 0 Å². The third kappa shape index (κ3) is 52.6. The van der Waals surface area contributed by atoms with Crippen molar-refractivity contribution in [1.82, 2.24) is 62.8 Å². The number of para-hydroxylation sites is 3. The summed E-state index contributed by atoms with van der Waals surface area (Å²) in [6.07, 6.45) is 29.7. The van der Waals surface area contributed by atoms with E-state index >= 15 is 0 Å². The van der Waals surface area contributed by atoms with Gasteiger partial charge in [-0.3, -0.25) is 33.6 Å². The van der Waals surface area contributed by atoms with Crippen molar-refractivity contribution in [1.29, 1.82) is 0 Å². The van der Waals surface area contributed by atoms with E-state index in [1.807, 2.05) is 94.8 Å². The minimum atomic E-state index is -0.293. The van der Waals surface area contributed by atoms with Gasteiger partial charge in [0, 0.05) is 199 Å². The summed E-state index contributed by atoms with van der Waals surface area (Å²) in [4.78, 5) is 163. The zero-order valence-corrected chi connectivity index (χ0v) is 87.7. The smallest absolute Gasteiger partial charge is 0.315 e. The number of hydrogen-bond donors (Lipinski definition) is 16. The lowest BCUT2D eigenvalue weighted by Crippen LogP contribution is -2.45. The number of urea groups is 4. The highest BCUT2D eigenvalue weighted by atomic mass is 16.2. The molecule has 3 aromatic carbocycles. The molecule has 9 amide bonds. The van der Waals surface area contributed by atoms with Gasteiger partial charge in [-0.2, -0.15) is 0 Å². The highest BCUT2D eigenvalue weighted by molar-refractivity contribution is 5.87. The van der Waals surface area contributed by atoms with Gasteiger partial charge in [-0.15, -0.1) is 0 Å². The average Bonchev–Trinajstić information content (AvgIpc) is 1.70. The van der Waals surface area contributed by atoms with Crippen LogP contribution in [0.1, 0.15) is 326 Å². The van der Waals surface area contributed by atoms with Gasteiger partial charge >= 0.3 is 24.1 Å². The first-order chi connectivity index (χ1) is 66.5. The summed E-state index contributed by atoms with van der Waals surface area (Å²) in [5, 5.41) is 30.2. The molecule has 6 aromatic rings. The van der Waals surface area contributed by atoms with Crippen molar-refractivity contribution >= 4 is 103 Å². The van der Waals surface area contributed by atoms with Crippen LogP contribution in [0, 0.1) is 71.0 Å². The number of benzene rings is 3. The molecule has 0 saturated heterocycles. The third-order valence-corrected chi connectivity index (χ3v) is 27.3. The maximum atomic E-state index is 13.2. The predicted octanol–water partition coefficient (Wildman–Crippen LogP) is 18.9. The van der Waals surface area contributed by atoms with Crippen molar-refractivity contribution < 1.29 is 57.5 Å². The van der Waals surface area contributed by atoms with E-state index in [1.54, 1.807) is 14.0 Å². The summed E-state index contributed by atoms with van der Waals surface area (Å²) in [5.41, 5.74) is 29.3. The van der Waals surface area contributed by atoms with E-state index in [4.69, 9.17) is 22.9 Å². The molecule has 28 heteroatoms. The second-order valence-corrected chi connectivity index (χ2v) is 41.5. The normalized spacial score (nSPS) is 13.9. The number of carbonyl (C=O) groups is 12. The molecule has 28 nitrogen and oxygen atoms in total. The zero-order chi connectivity index (χ0) is 103. The minimum absolute atomic E-state index is 0.0275. The molecule has 0 bridgehead atoms. The standard InChI is InChI=1S/2C39H65N5O4.C33H54N6O4/c1-26(2)20-34(46)22-30(21-32-25-41-37-14-9-8-13-35(32)37)15-18-38(47)44-36(28(5)6)17-16-33(45)23-31(12-10-11-19-40)24-42-39(48)43-29(7)27(3)4;1-28(2)32(17-16-30(4)45)25-36(47)20-18-34(12-8-10-22-41)44-39(48)43-26-31(23-33-27-42-38-14-6-5-13-37(33)38)24-35(46)19-15-29(3)11-7-9-21-40;1-5-10-28(40)17-24(11-8-9-16-34)20-37-33(43)39-27(18-26-22-36-31-13-7-6-12-30(26)31)14-15-29(41)19-25(23(2)3)21-38-32(42)35-4/h8-9,13-14,25-31,36,41H,10-12,15-24,40H2,1-7H3,(H,44,47)(H2,42,43,48);5-6,13-14,27-29,31-32,34,42H,7-12,15-26,40-41H2,1-4H3,(H2,43,44,48);6-7,12-13,22-25,27,36H,5,8-11,14-21,34H2,1-4H3,(H2,35,38,42)(H2,37,39,43)/t29-,30-,31-,36-;29-,31+,32-,34-;24-,25-,27-/m101/s1. The number of unbranched alkanes of at least 4 members (excludes halogenated alkanes) is 4. The van der Waals surface area contributed by atoms with Crippen LogP contribution in [0.3, 0.4) is 0 Å². The van der Waals surface area contributed by atoms with E-state index < -0.39 is 0 Å². The van der Waals surface area contributed by atoms with Gasteiger partial charge < -0.3 is 90.5 Å². The molecule has 139 heavy (non-hydrogen) atoms. The quantitative estimate of drug-likeness (QED) is 0.0158. The Morgan fingerprint density at radius 2 is 0.734 bits per heavy atom. The van der Waals surface area contributed by atoms with Crippen molar-refractivity contribution in [2.24, 2.45) is 93.9 Å². The summed E-state index contributed by atoms with van der Waals surface area (Å²) in [5.74, 6) is 3.45. The van der Waals surface area contributed by atoms with E-state index in [1.165, 1.54) is 5.56 Å². The fourth-order valence-electron chi connectivity index (χ4n) is 18.1. The molecule has 0 saturated carbocycles. The lowest BCUT2D eigenvalue weighted by Gasteiger charge is -2.24. The lowest BCUT2D eigenvalue weighted by atomic mass is 9.85. The molecule has 3 aromatic heterocycles. The molecule has 3 heterocycles. The molecule has 0 aliphatic rings. The largest absolute Gasteiger partial charge is 0.361 e. The maximum absolute atomic E-state index is 13.2. The summed E-state index contributed by atoms with van der Waals surface area (Å²) in [6.45, 7) is 32.6. The summed E-state index contributed by atoms with van der Waals surface area (Å²) < 4.78 is 0.